The zero-order valence-corrected chi connectivity index (χ0v) is 33.1. The predicted molar refractivity (Wildman–Crippen MR) is 205 cm³/mol. The van der Waals surface area contributed by atoms with Crippen LogP contribution < -0.4 is 20.5 Å². The Kier molecular flexibility index (Phi) is 14.7. The van der Waals surface area contributed by atoms with Crippen molar-refractivity contribution in [2.75, 3.05) is 32.8 Å². The fourth-order valence-corrected chi connectivity index (χ4v) is 6.97. The molecule has 1 saturated heterocycles. The first-order valence-corrected chi connectivity index (χ1v) is 20.4. The number of alkyl halides is 6. The largest absolute Gasteiger partial charge is 0.534 e. The molecule has 5 aromatic rings. The molecule has 0 bridgehead atoms. The summed E-state index contributed by atoms with van der Waals surface area (Å²) >= 11 is 1.63. The number of carbonyl (C=O) groups is 2. The minimum absolute atomic E-state index is 0.0435. The highest BCUT2D eigenvalue weighted by Crippen LogP contribution is 2.34. The van der Waals surface area contributed by atoms with E-state index in [4.69, 9.17) is 20.7 Å². The van der Waals surface area contributed by atoms with E-state index < -0.39 is 27.8 Å². The van der Waals surface area contributed by atoms with E-state index in [2.05, 4.69) is 81.7 Å². The molecule has 0 aliphatic carbocycles. The lowest BCUT2D eigenvalue weighted by molar-refractivity contribution is -0.661. The number of carbonyl (C=O) groups excluding carboxylic acids is 2. The molecule has 6 rings (SSSR count). The molecule has 21 heteroatoms. The number of unbranched alkanes of at least 4 members (excludes halogenated alkanes) is 1. The van der Waals surface area contributed by atoms with Crippen molar-refractivity contribution >= 4 is 33.5 Å². The van der Waals surface area contributed by atoms with Gasteiger partial charge in [-0.25, -0.2) is 14.6 Å². The summed E-state index contributed by atoms with van der Waals surface area (Å²) in [6, 6.07) is 25.3. The highest BCUT2D eigenvalue weighted by Gasteiger charge is 2.54. The van der Waals surface area contributed by atoms with E-state index in [9.17, 15) is 44.3 Å². The fraction of sp³-hybridized carbons (Fsp3) is 0.342. The van der Waals surface area contributed by atoms with Gasteiger partial charge >= 0.3 is 33.8 Å². The molecule has 59 heavy (non-hydrogen) atoms. The van der Waals surface area contributed by atoms with Gasteiger partial charge in [-0.1, -0.05) is 54.6 Å². The van der Waals surface area contributed by atoms with Crippen molar-refractivity contribution in [1.29, 1.82) is 0 Å². The summed E-state index contributed by atoms with van der Waals surface area (Å²) in [4.78, 5) is 28.5. The van der Waals surface area contributed by atoms with Crippen LogP contribution in [0.3, 0.4) is 0 Å². The number of rotatable bonds is 15. The molecule has 0 atom stereocenters. The summed E-state index contributed by atoms with van der Waals surface area (Å²) in [6.07, 6.45) is 0.975. The number of halogens is 6. The molecule has 3 heterocycles. The lowest BCUT2D eigenvalue weighted by Crippen LogP contribution is -2.34. The van der Waals surface area contributed by atoms with Crippen molar-refractivity contribution in [3.63, 3.8) is 0 Å². The van der Waals surface area contributed by atoms with Gasteiger partial charge in [0.1, 0.15) is 24.4 Å². The number of amides is 2. The van der Waals surface area contributed by atoms with Gasteiger partial charge in [-0.2, -0.15) is 34.8 Å². The van der Waals surface area contributed by atoms with Crippen LogP contribution in [0.15, 0.2) is 84.4 Å². The lowest BCUT2D eigenvalue weighted by Gasteiger charge is -2.16. The van der Waals surface area contributed by atoms with Gasteiger partial charge in [0.2, 0.25) is 0 Å². The number of hydrogen-bond donors (Lipinski definition) is 2. The Morgan fingerprint density at radius 1 is 0.966 bits per heavy atom. The summed E-state index contributed by atoms with van der Waals surface area (Å²) < 4.78 is 99.9. The van der Waals surface area contributed by atoms with E-state index >= 15 is 0 Å². The number of hydrogen-bond acceptors (Lipinski definition) is 10. The van der Waals surface area contributed by atoms with Crippen LogP contribution in [0, 0.1) is 0 Å². The van der Waals surface area contributed by atoms with Gasteiger partial charge in [0.25, 0.3) is 0 Å². The highest BCUT2D eigenvalue weighted by atomic mass is 32.2. The number of benzene rings is 3. The Morgan fingerprint density at radius 3 is 2.32 bits per heavy atom. The molecular weight excluding hydrogens is 829 g/mol. The second-order valence-corrected chi connectivity index (χ2v) is 15.4. The third kappa shape index (κ3) is 12.2. The maximum absolute atomic E-state index is 12.1. The van der Waals surface area contributed by atoms with E-state index in [0.717, 1.165) is 65.5 Å². The zero-order chi connectivity index (χ0) is 42.8. The topological polar surface area (TPSA) is 163 Å². The Hall–Kier alpha value is -5.54. The van der Waals surface area contributed by atoms with Gasteiger partial charge in [-0.15, -0.1) is 20.7 Å². The van der Waals surface area contributed by atoms with Gasteiger partial charge < -0.3 is 24.9 Å². The summed E-state index contributed by atoms with van der Waals surface area (Å²) in [7, 11) is -4.58. The van der Waals surface area contributed by atoms with Crippen LogP contribution in [0.1, 0.15) is 29.8 Å². The van der Waals surface area contributed by atoms with Crippen molar-refractivity contribution < 1.29 is 58.0 Å². The summed E-state index contributed by atoms with van der Waals surface area (Å²) in [5, 5.41) is 10.6. The van der Waals surface area contributed by atoms with Gasteiger partial charge in [-0.05, 0) is 61.1 Å². The van der Waals surface area contributed by atoms with Crippen molar-refractivity contribution in [3.8, 4) is 33.1 Å². The average Bonchev–Trinajstić information content (AvgIpc) is 3.94. The van der Waals surface area contributed by atoms with Crippen molar-refractivity contribution in [3.05, 3.63) is 101 Å². The zero-order valence-electron chi connectivity index (χ0n) is 31.5. The Morgan fingerprint density at radius 2 is 1.68 bits per heavy atom. The van der Waals surface area contributed by atoms with E-state index in [1.165, 1.54) is 16.7 Å². The number of aromatic nitrogens is 4. The van der Waals surface area contributed by atoms with Crippen molar-refractivity contribution in [2.45, 2.75) is 43.8 Å². The number of ether oxygens (including phenoxy) is 1. The predicted octanol–water partition coefficient (Wildman–Crippen LogP) is 5.90. The number of urea groups is 1. The smallest absolute Gasteiger partial charge is 0.491 e. The molecule has 1 aliphatic rings. The van der Waals surface area contributed by atoms with Crippen LogP contribution in [-0.2, 0) is 45.4 Å². The molecule has 1 fully saturated rings. The molecule has 2 amide bonds. The summed E-state index contributed by atoms with van der Waals surface area (Å²) in [5.41, 5.74) is 7.41. The van der Waals surface area contributed by atoms with Crippen LogP contribution in [0.4, 0.5) is 31.1 Å². The lowest BCUT2D eigenvalue weighted by atomic mass is 10.0. The van der Waals surface area contributed by atoms with Crippen molar-refractivity contribution in [2.24, 2.45) is 12.8 Å². The number of nitrogens with zero attached hydrogens (tertiary/aromatic N) is 5. The first kappa shape index (κ1) is 44.6. The molecule has 0 unspecified atom stereocenters. The van der Waals surface area contributed by atoms with E-state index in [0.29, 0.717) is 32.8 Å². The molecule has 2 aromatic heterocycles. The molecule has 13 nitrogen and oxygen atoms in total. The maximum Gasteiger partial charge on any atom is 0.534 e. The summed E-state index contributed by atoms with van der Waals surface area (Å²) in [5.74, 6) is -2.72. The van der Waals surface area contributed by atoms with Crippen molar-refractivity contribution in [1.82, 2.24) is 25.1 Å². The minimum atomic E-state index is -6.55. The minimum Gasteiger partial charge on any atom is -0.491 e. The molecule has 1 aliphatic heterocycles. The molecule has 316 valence electrons. The third-order valence-corrected chi connectivity index (χ3v) is 10.7. The van der Waals surface area contributed by atoms with Crippen LogP contribution in [0.2, 0.25) is 0 Å². The monoisotopic (exact) mass is 868 g/mol. The van der Waals surface area contributed by atoms with E-state index in [-0.39, 0.29) is 6.03 Å². The van der Waals surface area contributed by atoms with Gasteiger partial charge in [-0.3, -0.25) is 0 Å². The molecular formula is C38H40F6N7O6S2+. The molecule has 0 saturated carbocycles. The van der Waals surface area contributed by atoms with E-state index in [1.54, 1.807) is 16.2 Å². The number of nitrogens with one attached hydrogen (secondary N) is 1. The van der Waals surface area contributed by atoms with Crippen LogP contribution >= 0.6 is 11.3 Å². The van der Waals surface area contributed by atoms with Crippen LogP contribution in [-0.4, -0.2) is 84.7 Å². The normalized spacial score (nSPS) is 13.2. The van der Waals surface area contributed by atoms with Gasteiger partial charge in [0.15, 0.2) is 17.6 Å². The second kappa shape index (κ2) is 19.5. The SMILES string of the molecule is Cn1n[n+](-c2ccc(-c3nc(CCc4ccc(-c5ccccc5)cc4)cs3)c(OCCN3CCNC3=O)c2)cc1CCCCN.O=C(OS(=O)(=O)C(F)(F)F)C(F)(F)F. The first-order chi connectivity index (χ1) is 27.9. The number of aryl methyl sites for hydroxylation is 4. The quantitative estimate of drug-likeness (QED) is 0.0429. The van der Waals surface area contributed by atoms with Crippen LogP contribution in [0.5, 0.6) is 5.75 Å². The molecule has 3 N–H and O–H groups in total. The van der Waals surface area contributed by atoms with E-state index in [1.807, 2.05) is 28.5 Å². The molecule has 3 aromatic carbocycles. The second-order valence-electron chi connectivity index (χ2n) is 13.0. The summed E-state index contributed by atoms with van der Waals surface area (Å²) in [6.45, 7) is 2.96. The number of nitrogens with two attached hydrogens (primary N) is 1. The average molecular weight is 869 g/mol. The Labute approximate surface area is 339 Å². The Bertz CT molecular complexity index is 2300. The first-order valence-electron chi connectivity index (χ1n) is 18.1. The number of thiazole rings is 1. The van der Waals surface area contributed by atoms with Gasteiger partial charge in [0, 0.05) is 31.0 Å². The standard InChI is InChI=1S/C35H39N7O2S.C3F6O4S/c1-40-31(9-5-6-18-36)24-42(39-40)30-16-17-32(33(23-30)44-22-21-41-20-19-37-35(41)43)34-38-29(25-45-34)15-12-26-10-13-28(14-11-26)27-7-3-2-4-8-27;4-2(5,6)1(10)13-14(11,12)3(7,8)9/h2-4,7-8,10-11,13-14,16-17,23-25H,5-6,9,12,15,18-22,36H2,1H3;/p+1. The molecule has 0 spiro atoms. The fourth-order valence-electron chi connectivity index (χ4n) is 5.70. The Balaban J connectivity index is 0.000000405. The van der Waals surface area contributed by atoms with Crippen LogP contribution in [0.25, 0.3) is 27.4 Å². The third-order valence-electron chi connectivity index (χ3n) is 8.81. The van der Waals surface area contributed by atoms with Gasteiger partial charge in [0.05, 0.1) is 23.0 Å². The highest BCUT2D eigenvalue weighted by molar-refractivity contribution is 7.88. The molecule has 0 radical (unpaired) electrons. The maximum atomic E-state index is 12.1.